The van der Waals surface area contributed by atoms with Crippen LogP contribution in [0.1, 0.15) is 56.0 Å². The molecule has 0 saturated heterocycles. The van der Waals surface area contributed by atoms with Gasteiger partial charge >= 0.3 is 0 Å². The van der Waals surface area contributed by atoms with Gasteiger partial charge in [0.2, 0.25) is 0 Å². The van der Waals surface area contributed by atoms with Crippen LogP contribution in [-0.4, -0.2) is 5.60 Å². The minimum Gasteiger partial charge on any atom is -0.487 e. The zero-order valence-corrected chi connectivity index (χ0v) is 12.0. The third-order valence-electron chi connectivity index (χ3n) is 4.22. The van der Waals surface area contributed by atoms with Crippen LogP contribution in [0.2, 0.25) is 0 Å². The van der Waals surface area contributed by atoms with Gasteiger partial charge < -0.3 is 4.74 Å². The summed E-state index contributed by atoms with van der Waals surface area (Å²) >= 11 is 6.64. The molecule has 0 radical (unpaired) electrons. The van der Waals surface area contributed by atoms with Gasteiger partial charge in [0.25, 0.3) is 0 Å². The molecule has 98 valence electrons. The maximum Gasteiger partial charge on any atom is 0.123 e. The highest BCUT2D eigenvalue weighted by molar-refractivity contribution is 6.21. The number of benzene rings is 1. The zero-order valence-electron chi connectivity index (χ0n) is 11.2. The number of alkyl halides is 1. The molecule has 1 aliphatic carbocycles. The van der Waals surface area contributed by atoms with Gasteiger partial charge in [0.05, 0.1) is 5.38 Å². The van der Waals surface area contributed by atoms with Crippen LogP contribution in [0.5, 0.6) is 5.75 Å². The van der Waals surface area contributed by atoms with Crippen molar-refractivity contribution in [2.75, 3.05) is 0 Å². The molecule has 18 heavy (non-hydrogen) atoms. The summed E-state index contributed by atoms with van der Waals surface area (Å²) < 4.78 is 5.91. The molecular weight excluding hydrogens is 244 g/mol. The Hall–Kier alpha value is -0.690. The molecule has 1 atom stereocenters. The van der Waals surface area contributed by atoms with E-state index in [0.29, 0.717) is 5.92 Å². The van der Waals surface area contributed by atoms with Crippen molar-refractivity contribution >= 4 is 11.6 Å². The fraction of sp³-hybridized carbons (Fsp3) is 0.625. The lowest BCUT2D eigenvalue weighted by molar-refractivity contribution is 0.138. The van der Waals surface area contributed by atoms with Gasteiger partial charge in [-0.3, -0.25) is 0 Å². The molecule has 1 aromatic rings. The van der Waals surface area contributed by atoms with Gasteiger partial charge in [-0.15, -0.1) is 11.6 Å². The Morgan fingerprint density at radius 1 is 1.28 bits per heavy atom. The second-order valence-electron chi connectivity index (χ2n) is 6.35. The third-order valence-corrected chi connectivity index (χ3v) is 4.83. The molecule has 0 N–H and O–H groups in total. The number of ether oxygens (including phenoxy) is 1. The number of hydrogen-bond donors (Lipinski definition) is 0. The number of hydrogen-bond acceptors (Lipinski definition) is 1. The van der Waals surface area contributed by atoms with Gasteiger partial charge in [-0.25, -0.2) is 0 Å². The van der Waals surface area contributed by atoms with E-state index in [2.05, 4.69) is 32.0 Å². The highest BCUT2D eigenvalue weighted by atomic mass is 35.5. The van der Waals surface area contributed by atoms with Crippen molar-refractivity contribution in [3.8, 4) is 5.75 Å². The summed E-state index contributed by atoms with van der Waals surface area (Å²) in [6.07, 6.45) is 6.24. The molecule has 0 bridgehead atoms. The van der Waals surface area contributed by atoms with Crippen LogP contribution in [0.3, 0.4) is 0 Å². The molecule has 1 aliphatic heterocycles. The highest BCUT2D eigenvalue weighted by Gasteiger charge is 2.31. The quantitative estimate of drug-likeness (QED) is 0.693. The van der Waals surface area contributed by atoms with E-state index in [1.165, 1.54) is 36.8 Å². The van der Waals surface area contributed by atoms with Crippen LogP contribution in [0.25, 0.3) is 0 Å². The van der Waals surface area contributed by atoms with Crippen molar-refractivity contribution in [1.29, 1.82) is 0 Å². The molecule has 3 rings (SSSR count). The predicted molar refractivity (Wildman–Crippen MR) is 75.4 cm³/mol. The second kappa shape index (κ2) is 4.45. The van der Waals surface area contributed by atoms with E-state index in [4.69, 9.17) is 16.3 Å². The monoisotopic (exact) mass is 264 g/mol. The van der Waals surface area contributed by atoms with Gasteiger partial charge in [0.1, 0.15) is 11.4 Å². The summed E-state index contributed by atoms with van der Waals surface area (Å²) in [7, 11) is 0. The highest BCUT2D eigenvalue weighted by Crippen LogP contribution is 2.42. The van der Waals surface area contributed by atoms with Crippen LogP contribution in [0.15, 0.2) is 18.2 Å². The van der Waals surface area contributed by atoms with Crippen LogP contribution in [-0.2, 0) is 6.42 Å². The number of rotatable bonds is 2. The summed E-state index contributed by atoms with van der Waals surface area (Å²) in [5, 5.41) is 0.182. The fourth-order valence-electron chi connectivity index (χ4n) is 3.32. The van der Waals surface area contributed by atoms with Crippen LogP contribution in [0.4, 0.5) is 0 Å². The van der Waals surface area contributed by atoms with E-state index < -0.39 is 0 Å². The third kappa shape index (κ3) is 2.25. The Labute approximate surface area is 114 Å². The van der Waals surface area contributed by atoms with Gasteiger partial charge in [0, 0.05) is 6.42 Å². The maximum atomic E-state index is 6.64. The molecular formula is C16H21ClO. The van der Waals surface area contributed by atoms with Crippen LogP contribution < -0.4 is 4.74 Å². The van der Waals surface area contributed by atoms with Crippen molar-refractivity contribution in [2.45, 2.75) is 56.9 Å². The smallest absolute Gasteiger partial charge is 0.123 e. The van der Waals surface area contributed by atoms with E-state index >= 15 is 0 Å². The summed E-state index contributed by atoms with van der Waals surface area (Å²) in [4.78, 5) is 0. The standard InChI is InChI=1S/C16H21ClO/c1-16(2)10-13-9-12(7-8-14(13)18-16)15(17)11-5-3-4-6-11/h7-9,11,15H,3-6,10H2,1-2H3. The Bertz CT molecular complexity index is 446. The van der Waals surface area contributed by atoms with E-state index in [1.807, 2.05) is 0 Å². The average molecular weight is 265 g/mol. The van der Waals surface area contributed by atoms with Crippen molar-refractivity contribution in [3.05, 3.63) is 29.3 Å². The number of fused-ring (bicyclic) bond motifs is 1. The first kappa shape index (κ1) is 12.3. The lowest BCUT2D eigenvalue weighted by Crippen LogP contribution is -2.24. The van der Waals surface area contributed by atoms with Crippen molar-refractivity contribution in [2.24, 2.45) is 5.92 Å². The maximum absolute atomic E-state index is 6.64. The summed E-state index contributed by atoms with van der Waals surface area (Å²) in [5.74, 6) is 1.71. The fourth-order valence-corrected chi connectivity index (χ4v) is 3.71. The normalized spacial score (nSPS) is 23.7. The Balaban J connectivity index is 1.83. The Morgan fingerprint density at radius 3 is 2.72 bits per heavy atom. The molecule has 1 unspecified atom stereocenters. The first-order valence-corrected chi connectivity index (χ1v) is 7.45. The van der Waals surface area contributed by atoms with E-state index in [1.54, 1.807) is 0 Å². The minimum atomic E-state index is -0.0594. The van der Waals surface area contributed by atoms with Crippen molar-refractivity contribution < 1.29 is 4.74 Å². The summed E-state index contributed by atoms with van der Waals surface area (Å²) in [6, 6.07) is 6.51. The first-order valence-electron chi connectivity index (χ1n) is 7.01. The molecule has 0 aromatic heterocycles. The largest absolute Gasteiger partial charge is 0.487 e. The Kier molecular flexibility index (Phi) is 3.05. The summed E-state index contributed by atoms with van der Waals surface area (Å²) in [6.45, 7) is 4.28. The zero-order chi connectivity index (χ0) is 12.8. The Morgan fingerprint density at radius 2 is 2.00 bits per heavy atom. The van der Waals surface area contributed by atoms with Crippen LogP contribution in [0, 0.1) is 5.92 Å². The minimum absolute atomic E-state index is 0.0594. The number of halogens is 1. The molecule has 1 fully saturated rings. The molecule has 1 nitrogen and oxygen atoms in total. The lowest BCUT2D eigenvalue weighted by atomic mass is 9.94. The molecule has 1 aromatic carbocycles. The van der Waals surface area contributed by atoms with E-state index in [-0.39, 0.29) is 11.0 Å². The predicted octanol–water partition coefficient (Wildman–Crippen LogP) is 4.87. The lowest BCUT2D eigenvalue weighted by Gasteiger charge is -2.17. The van der Waals surface area contributed by atoms with Gasteiger partial charge in [0.15, 0.2) is 0 Å². The van der Waals surface area contributed by atoms with Crippen LogP contribution >= 0.6 is 11.6 Å². The summed E-state index contributed by atoms with van der Waals surface area (Å²) in [5.41, 5.74) is 2.54. The van der Waals surface area contributed by atoms with Crippen molar-refractivity contribution in [1.82, 2.24) is 0 Å². The topological polar surface area (TPSA) is 9.23 Å². The molecule has 1 saturated carbocycles. The van der Waals surface area contributed by atoms with Gasteiger partial charge in [-0.1, -0.05) is 25.0 Å². The van der Waals surface area contributed by atoms with Gasteiger partial charge in [-0.05, 0) is 49.8 Å². The average Bonchev–Trinajstić information content (AvgIpc) is 2.91. The van der Waals surface area contributed by atoms with Crippen molar-refractivity contribution in [3.63, 3.8) is 0 Å². The van der Waals surface area contributed by atoms with Gasteiger partial charge in [-0.2, -0.15) is 0 Å². The molecule has 1 heterocycles. The SMILES string of the molecule is CC1(C)Cc2cc(C(Cl)C3CCCC3)ccc2O1. The molecule has 2 aliphatic rings. The molecule has 0 spiro atoms. The molecule has 0 amide bonds. The van der Waals surface area contributed by atoms with E-state index in [0.717, 1.165) is 12.2 Å². The van der Waals surface area contributed by atoms with E-state index in [9.17, 15) is 0 Å². The molecule has 2 heteroatoms. The second-order valence-corrected chi connectivity index (χ2v) is 6.82. The first-order chi connectivity index (χ1) is 8.55.